The molecule has 0 aliphatic heterocycles. The Morgan fingerprint density at radius 3 is 2.20 bits per heavy atom. The Morgan fingerprint density at radius 1 is 1.10 bits per heavy atom. The Kier molecular flexibility index (Phi) is 4.42. The first-order valence-electron chi connectivity index (χ1n) is 5.66. The van der Waals surface area contributed by atoms with Crippen molar-refractivity contribution in [1.29, 1.82) is 0 Å². The van der Waals surface area contributed by atoms with E-state index in [-0.39, 0.29) is 0 Å². The smallest absolute Gasteiger partial charge is 0.271 e. The van der Waals surface area contributed by atoms with Gasteiger partial charge in [0, 0.05) is 10.7 Å². The van der Waals surface area contributed by atoms with Crippen LogP contribution in [-0.2, 0) is 6.18 Å². The number of aromatic nitrogens is 1. The third kappa shape index (κ3) is 3.36. The molecule has 0 aliphatic carbocycles. The van der Waals surface area contributed by atoms with Crippen LogP contribution < -0.4 is 11.3 Å². The summed E-state index contributed by atoms with van der Waals surface area (Å²) in [5.41, 5.74) is 3.09. The third-order valence-electron chi connectivity index (χ3n) is 2.78. The summed E-state index contributed by atoms with van der Waals surface area (Å²) in [6.45, 7) is 0. The fraction of sp³-hybridized carbons (Fsp3) is 0.154. The summed E-state index contributed by atoms with van der Waals surface area (Å²) < 4.78 is 38.3. The largest absolute Gasteiger partial charge is 0.416 e. The number of benzene rings is 1. The average Bonchev–Trinajstić information content (AvgIpc) is 2.41. The zero-order valence-electron chi connectivity index (χ0n) is 10.2. The molecule has 0 bridgehead atoms. The van der Waals surface area contributed by atoms with Crippen molar-refractivity contribution in [1.82, 2.24) is 10.4 Å². The quantitative estimate of drug-likeness (QED) is 0.662. The van der Waals surface area contributed by atoms with Crippen molar-refractivity contribution in [3.63, 3.8) is 0 Å². The summed E-state index contributed by atoms with van der Waals surface area (Å²) in [7, 11) is 0. The molecule has 2 rings (SSSR count). The van der Waals surface area contributed by atoms with Gasteiger partial charge in [-0.05, 0) is 45.8 Å². The number of nitrogens with zero attached hydrogens (tertiary/aromatic N) is 1. The van der Waals surface area contributed by atoms with Gasteiger partial charge in [-0.3, -0.25) is 10.8 Å². The van der Waals surface area contributed by atoms with E-state index in [2.05, 4.69) is 26.3 Å². The van der Waals surface area contributed by atoms with Gasteiger partial charge in [0.25, 0.3) is 0 Å². The monoisotopic (exact) mass is 345 g/mol. The van der Waals surface area contributed by atoms with Crippen LogP contribution in [0.5, 0.6) is 0 Å². The first-order chi connectivity index (χ1) is 9.41. The second-order valence-electron chi connectivity index (χ2n) is 4.12. The van der Waals surface area contributed by atoms with Crippen molar-refractivity contribution in [2.75, 3.05) is 0 Å². The lowest BCUT2D eigenvalue weighted by Crippen LogP contribution is -2.29. The Hall–Kier alpha value is -1.44. The molecule has 3 nitrogen and oxygen atoms in total. The fourth-order valence-corrected chi connectivity index (χ4v) is 2.01. The van der Waals surface area contributed by atoms with Crippen molar-refractivity contribution < 1.29 is 13.2 Å². The lowest BCUT2D eigenvalue weighted by Gasteiger charge is -2.16. The molecular formula is C13H11BrF3N3. The lowest BCUT2D eigenvalue weighted by molar-refractivity contribution is -0.137. The Bertz CT molecular complexity index is 567. The molecule has 1 aromatic heterocycles. The van der Waals surface area contributed by atoms with E-state index in [4.69, 9.17) is 5.84 Å². The molecule has 106 valence electrons. The van der Waals surface area contributed by atoms with E-state index in [1.807, 2.05) is 0 Å². The Morgan fingerprint density at radius 2 is 1.75 bits per heavy atom. The van der Waals surface area contributed by atoms with E-state index in [9.17, 15) is 13.2 Å². The molecule has 0 saturated heterocycles. The highest BCUT2D eigenvalue weighted by Gasteiger charge is 2.30. The van der Waals surface area contributed by atoms with Gasteiger partial charge in [0.2, 0.25) is 0 Å². The predicted octanol–water partition coefficient (Wildman–Crippen LogP) is 3.42. The van der Waals surface area contributed by atoms with Gasteiger partial charge in [-0.25, -0.2) is 5.43 Å². The molecule has 3 N–H and O–H groups in total. The normalized spacial score (nSPS) is 13.2. The summed E-state index contributed by atoms with van der Waals surface area (Å²) in [5.74, 6) is 5.47. The highest BCUT2D eigenvalue weighted by molar-refractivity contribution is 9.10. The van der Waals surface area contributed by atoms with E-state index < -0.39 is 17.8 Å². The minimum Gasteiger partial charge on any atom is -0.271 e. The van der Waals surface area contributed by atoms with Gasteiger partial charge in [0.1, 0.15) is 0 Å². The molecule has 0 fully saturated rings. The number of hydrazine groups is 1. The minimum absolute atomic E-state index is 0.467. The van der Waals surface area contributed by atoms with E-state index in [0.717, 1.165) is 16.6 Å². The highest BCUT2D eigenvalue weighted by atomic mass is 79.9. The average molecular weight is 346 g/mol. The lowest BCUT2D eigenvalue weighted by atomic mass is 10.0. The number of hydrogen-bond acceptors (Lipinski definition) is 3. The molecule has 0 saturated carbocycles. The van der Waals surface area contributed by atoms with Crippen molar-refractivity contribution >= 4 is 15.9 Å². The van der Waals surface area contributed by atoms with E-state index in [1.165, 1.54) is 12.1 Å². The van der Waals surface area contributed by atoms with Crippen LogP contribution in [0.25, 0.3) is 0 Å². The number of alkyl halides is 3. The van der Waals surface area contributed by atoms with Gasteiger partial charge < -0.3 is 0 Å². The maximum atomic E-state index is 12.5. The minimum atomic E-state index is -4.35. The summed E-state index contributed by atoms with van der Waals surface area (Å²) in [4.78, 5) is 4.19. The summed E-state index contributed by atoms with van der Waals surface area (Å²) in [5, 5.41) is 0. The third-order valence-corrected chi connectivity index (χ3v) is 3.25. The molecule has 20 heavy (non-hydrogen) atoms. The van der Waals surface area contributed by atoms with Crippen molar-refractivity contribution in [2.24, 2.45) is 5.84 Å². The van der Waals surface area contributed by atoms with Gasteiger partial charge in [-0.2, -0.15) is 13.2 Å². The summed E-state index contributed by atoms with van der Waals surface area (Å²) in [6.07, 6.45) is -2.75. The van der Waals surface area contributed by atoms with Crippen LogP contribution in [0.1, 0.15) is 22.9 Å². The molecule has 7 heteroatoms. The standard InChI is InChI=1S/C13H11BrF3N3/c14-10-5-6-11(19-7-10)12(20-18)8-1-3-9(4-2-8)13(15,16)17/h1-7,12,20H,18H2. The van der Waals surface area contributed by atoms with Crippen LogP contribution in [0.4, 0.5) is 13.2 Å². The van der Waals surface area contributed by atoms with Gasteiger partial charge in [-0.15, -0.1) is 0 Å². The maximum absolute atomic E-state index is 12.5. The number of hydrogen-bond donors (Lipinski definition) is 2. The van der Waals surface area contributed by atoms with Crippen LogP contribution in [0.15, 0.2) is 47.1 Å². The van der Waals surface area contributed by atoms with Crippen molar-refractivity contribution in [2.45, 2.75) is 12.2 Å². The summed E-state index contributed by atoms with van der Waals surface area (Å²) in [6, 6.07) is 7.89. The van der Waals surface area contributed by atoms with E-state index >= 15 is 0 Å². The van der Waals surface area contributed by atoms with E-state index in [0.29, 0.717) is 11.3 Å². The van der Waals surface area contributed by atoms with Crippen molar-refractivity contribution in [3.8, 4) is 0 Å². The molecule has 1 aromatic carbocycles. The highest BCUT2D eigenvalue weighted by Crippen LogP contribution is 2.30. The fourth-order valence-electron chi connectivity index (χ4n) is 1.77. The number of halogens is 4. The molecule has 0 aliphatic rings. The zero-order chi connectivity index (χ0) is 14.8. The molecule has 0 radical (unpaired) electrons. The number of rotatable bonds is 3. The van der Waals surface area contributed by atoms with Crippen LogP contribution in [0.2, 0.25) is 0 Å². The Labute approximate surface area is 122 Å². The number of nitrogens with one attached hydrogen (secondary N) is 1. The molecule has 0 amide bonds. The molecular weight excluding hydrogens is 335 g/mol. The first kappa shape index (κ1) is 15.0. The second kappa shape index (κ2) is 5.90. The first-order valence-corrected chi connectivity index (χ1v) is 6.46. The number of nitrogens with two attached hydrogens (primary N) is 1. The molecule has 2 aromatic rings. The molecule has 1 atom stereocenters. The van der Waals surface area contributed by atoms with E-state index in [1.54, 1.807) is 18.3 Å². The molecule has 1 heterocycles. The van der Waals surface area contributed by atoms with Gasteiger partial charge in [0.15, 0.2) is 0 Å². The van der Waals surface area contributed by atoms with Gasteiger partial charge >= 0.3 is 6.18 Å². The molecule has 1 unspecified atom stereocenters. The van der Waals surface area contributed by atoms with Crippen LogP contribution in [-0.4, -0.2) is 4.98 Å². The summed E-state index contributed by atoms with van der Waals surface area (Å²) >= 11 is 3.26. The van der Waals surface area contributed by atoms with Crippen LogP contribution >= 0.6 is 15.9 Å². The SMILES string of the molecule is NNC(c1ccc(C(F)(F)F)cc1)c1ccc(Br)cn1. The van der Waals surface area contributed by atoms with Crippen LogP contribution in [0, 0.1) is 0 Å². The topological polar surface area (TPSA) is 50.9 Å². The maximum Gasteiger partial charge on any atom is 0.416 e. The zero-order valence-corrected chi connectivity index (χ0v) is 11.7. The van der Waals surface area contributed by atoms with Crippen molar-refractivity contribution in [3.05, 3.63) is 63.9 Å². The Balaban J connectivity index is 2.30. The number of pyridine rings is 1. The van der Waals surface area contributed by atoms with Gasteiger partial charge in [-0.1, -0.05) is 12.1 Å². The van der Waals surface area contributed by atoms with Crippen LogP contribution in [0.3, 0.4) is 0 Å². The molecule has 0 spiro atoms. The van der Waals surface area contributed by atoms with Gasteiger partial charge in [0.05, 0.1) is 17.3 Å². The second-order valence-corrected chi connectivity index (χ2v) is 5.04. The predicted molar refractivity (Wildman–Crippen MR) is 72.5 cm³/mol.